The average molecular weight is 622 g/mol. The van der Waals surface area contributed by atoms with Gasteiger partial charge in [-0.3, -0.25) is 0 Å². The molecule has 0 aliphatic rings. The van der Waals surface area contributed by atoms with Gasteiger partial charge in [-0.2, -0.15) is 0 Å². The predicted molar refractivity (Wildman–Crippen MR) is 196 cm³/mol. The smallest absolute Gasteiger partial charge is 0.144 e. The second kappa shape index (κ2) is 9.25. The second-order valence-electron chi connectivity index (χ2n) is 12.1. The second-order valence-corrected chi connectivity index (χ2v) is 13.2. The molecule has 220 valence electrons. The molecule has 0 amide bonds. The zero-order chi connectivity index (χ0) is 30.6. The van der Waals surface area contributed by atoms with Gasteiger partial charge in [-0.05, 0) is 78.9 Å². The van der Waals surface area contributed by atoms with Gasteiger partial charge in [0.05, 0.1) is 0 Å². The number of anilines is 3. The molecule has 4 nitrogen and oxygen atoms in total. The van der Waals surface area contributed by atoms with Gasteiger partial charge in [0.1, 0.15) is 33.5 Å². The van der Waals surface area contributed by atoms with Crippen LogP contribution in [0.2, 0.25) is 0 Å². The van der Waals surface area contributed by atoms with Gasteiger partial charge in [-0.1, -0.05) is 54.6 Å². The molecule has 47 heavy (non-hydrogen) atoms. The van der Waals surface area contributed by atoms with Gasteiger partial charge in [-0.25, -0.2) is 0 Å². The van der Waals surface area contributed by atoms with E-state index in [1.165, 1.54) is 20.2 Å². The predicted octanol–water partition coefficient (Wildman–Crippen LogP) is 13.2. The minimum atomic E-state index is 0.852. The Morgan fingerprint density at radius 2 is 0.894 bits per heavy atom. The summed E-state index contributed by atoms with van der Waals surface area (Å²) in [5.74, 6) is 0. The van der Waals surface area contributed by atoms with E-state index >= 15 is 0 Å². The number of nitrogens with zero attached hydrogens (tertiary/aromatic N) is 1. The molecule has 11 aromatic rings. The van der Waals surface area contributed by atoms with Gasteiger partial charge in [0.15, 0.2) is 0 Å². The van der Waals surface area contributed by atoms with Gasteiger partial charge >= 0.3 is 0 Å². The van der Waals surface area contributed by atoms with Gasteiger partial charge in [0.2, 0.25) is 0 Å². The highest BCUT2D eigenvalue weighted by molar-refractivity contribution is 7.26. The van der Waals surface area contributed by atoms with E-state index in [1.807, 2.05) is 35.6 Å². The molecule has 0 saturated carbocycles. The monoisotopic (exact) mass is 621 g/mol. The van der Waals surface area contributed by atoms with Crippen molar-refractivity contribution in [2.75, 3.05) is 4.90 Å². The van der Waals surface area contributed by atoms with E-state index in [9.17, 15) is 0 Å². The number of fused-ring (bicyclic) bond motifs is 13. The Morgan fingerprint density at radius 3 is 1.68 bits per heavy atom. The number of rotatable bonds is 3. The molecule has 0 bridgehead atoms. The highest BCUT2D eigenvalue weighted by Gasteiger charge is 2.20. The van der Waals surface area contributed by atoms with Crippen molar-refractivity contribution in [1.82, 2.24) is 0 Å². The molecule has 0 N–H and O–H groups in total. The molecule has 7 aromatic carbocycles. The van der Waals surface area contributed by atoms with Crippen LogP contribution >= 0.6 is 11.3 Å². The zero-order valence-corrected chi connectivity index (χ0v) is 25.7. The van der Waals surface area contributed by atoms with Crippen molar-refractivity contribution in [3.8, 4) is 0 Å². The van der Waals surface area contributed by atoms with Crippen molar-refractivity contribution < 1.29 is 13.3 Å². The first-order chi connectivity index (χ1) is 23.3. The fourth-order valence-corrected chi connectivity index (χ4v) is 8.43. The van der Waals surface area contributed by atoms with Crippen molar-refractivity contribution in [2.24, 2.45) is 0 Å². The largest absolute Gasteiger partial charge is 0.456 e. The van der Waals surface area contributed by atoms with Crippen molar-refractivity contribution in [1.29, 1.82) is 0 Å². The Bertz CT molecular complexity index is 3050. The van der Waals surface area contributed by atoms with Crippen LogP contribution in [0.15, 0.2) is 153 Å². The molecular weight excluding hydrogens is 599 g/mol. The van der Waals surface area contributed by atoms with Gasteiger partial charge in [0, 0.05) is 75.6 Å². The van der Waals surface area contributed by atoms with Gasteiger partial charge in [0.25, 0.3) is 0 Å². The van der Waals surface area contributed by atoms with Crippen molar-refractivity contribution >= 4 is 114 Å². The highest BCUT2D eigenvalue weighted by atomic mass is 32.1. The Morgan fingerprint density at radius 1 is 0.362 bits per heavy atom. The van der Waals surface area contributed by atoms with Crippen molar-refractivity contribution in [3.63, 3.8) is 0 Å². The third-order valence-electron chi connectivity index (χ3n) is 9.46. The molecule has 0 aliphatic heterocycles. The first-order valence-corrected chi connectivity index (χ1v) is 16.5. The van der Waals surface area contributed by atoms with E-state index < -0.39 is 0 Å². The quantitative estimate of drug-likeness (QED) is 0.197. The average Bonchev–Trinajstić information content (AvgIpc) is 3.87. The van der Waals surface area contributed by atoms with Crippen LogP contribution in [0.5, 0.6) is 0 Å². The summed E-state index contributed by atoms with van der Waals surface area (Å²) >= 11 is 1.81. The van der Waals surface area contributed by atoms with Crippen LogP contribution in [0.4, 0.5) is 17.1 Å². The van der Waals surface area contributed by atoms with Crippen molar-refractivity contribution in [2.45, 2.75) is 0 Å². The summed E-state index contributed by atoms with van der Waals surface area (Å²) in [5, 5.41) is 9.01. The van der Waals surface area contributed by atoms with Crippen LogP contribution in [-0.2, 0) is 0 Å². The van der Waals surface area contributed by atoms with Crippen LogP contribution in [-0.4, -0.2) is 0 Å². The van der Waals surface area contributed by atoms with Crippen molar-refractivity contribution in [3.05, 3.63) is 140 Å². The molecule has 4 aromatic heterocycles. The lowest BCUT2D eigenvalue weighted by atomic mass is 10.1. The van der Waals surface area contributed by atoms with Crippen LogP contribution in [0.3, 0.4) is 0 Å². The Hall–Kier alpha value is -6.04. The summed E-state index contributed by atoms with van der Waals surface area (Å²) < 4.78 is 21.7. The standard InChI is InChI=1S/C42H23NO3S/c1-4-10-34-27(7-1)29-16-13-26(23-38(29)45-34)43(24-14-18-36-32(21-24)28-8-2-5-11-35(28)44-36)25-15-19-37-33(22-25)30-17-20-40-41(42(30)46-37)31-9-3-6-12-39(31)47-40/h1-23H. The maximum absolute atomic E-state index is 6.63. The van der Waals surface area contributed by atoms with Gasteiger partial charge in [-0.15, -0.1) is 11.3 Å². The third kappa shape index (κ3) is 3.57. The van der Waals surface area contributed by atoms with Crippen LogP contribution in [0.1, 0.15) is 0 Å². The number of furan rings is 3. The molecule has 11 rings (SSSR count). The first kappa shape index (κ1) is 25.2. The number of hydrogen-bond donors (Lipinski definition) is 0. The fourth-order valence-electron chi connectivity index (χ4n) is 7.32. The number of thiophene rings is 1. The minimum Gasteiger partial charge on any atom is -0.456 e. The Labute approximate surface area is 271 Å². The Balaban J connectivity index is 1.17. The maximum Gasteiger partial charge on any atom is 0.144 e. The van der Waals surface area contributed by atoms with E-state index in [0.29, 0.717) is 0 Å². The summed E-state index contributed by atoms with van der Waals surface area (Å²) in [6, 6.07) is 48.8. The SMILES string of the molecule is c1ccc2c(c1)oc1cc(N(c3ccc4oc5ccccc5c4c3)c3ccc4oc5c(ccc6sc7ccccc7c65)c4c3)ccc12. The maximum atomic E-state index is 6.63. The summed E-state index contributed by atoms with van der Waals surface area (Å²) in [6.07, 6.45) is 0. The molecule has 0 aliphatic carbocycles. The van der Waals surface area contributed by atoms with E-state index in [4.69, 9.17) is 13.3 Å². The molecule has 0 radical (unpaired) electrons. The Kier molecular flexibility index (Phi) is 4.96. The molecule has 5 heteroatoms. The minimum absolute atomic E-state index is 0.852. The van der Waals surface area contributed by atoms with E-state index in [0.717, 1.165) is 82.9 Å². The number of benzene rings is 7. The molecular formula is C42H23NO3S. The summed E-state index contributed by atoms with van der Waals surface area (Å²) in [4.78, 5) is 2.30. The third-order valence-corrected chi connectivity index (χ3v) is 10.6. The summed E-state index contributed by atoms with van der Waals surface area (Å²) in [6.45, 7) is 0. The lowest BCUT2D eigenvalue weighted by Gasteiger charge is -2.25. The molecule has 0 atom stereocenters. The summed E-state index contributed by atoms with van der Waals surface area (Å²) in [5.41, 5.74) is 8.35. The zero-order valence-electron chi connectivity index (χ0n) is 24.9. The molecule has 0 fully saturated rings. The number of para-hydroxylation sites is 2. The highest BCUT2D eigenvalue weighted by Crippen LogP contribution is 2.45. The molecule has 0 saturated heterocycles. The topological polar surface area (TPSA) is 42.7 Å². The van der Waals surface area contributed by atoms with E-state index in [-0.39, 0.29) is 0 Å². The fraction of sp³-hybridized carbons (Fsp3) is 0. The van der Waals surface area contributed by atoms with Crippen LogP contribution in [0.25, 0.3) is 86.0 Å². The lowest BCUT2D eigenvalue weighted by molar-refractivity contribution is 0.668. The first-order valence-electron chi connectivity index (χ1n) is 15.7. The normalized spacial score (nSPS) is 12.3. The van der Waals surface area contributed by atoms with Crippen LogP contribution in [0, 0.1) is 0 Å². The van der Waals surface area contributed by atoms with Crippen LogP contribution < -0.4 is 4.90 Å². The molecule has 0 spiro atoms. The van der Waals surface area contributed by atoms with Gasteiger partial charge < -0.3 is 18.2 Å². The summed E-state index contributed by atoms with van der Waals surface area (Å²) in [7, 11) is 0. The van der Waals surface area contributed by atoms with E-state index in [2.05, 4.69) is 120 Å². The lowest BCUT2D eigenvalue weighted by Crippen LogP contribution is -2.09. The molecule has 0 unspecified atom stereocenters. The number of hydrogen-bond acceptors (Lipinski definition) is 5. The van der Waals surface area contributed by atoms with E-state index in [1.54, 1.807) is 0 Å². The molecule has 4 heterocycles.